The van der Waals surface area contributed by atoms with Crippen molar-refractivity contribution in [3.63, 3.8) is 0 Å². The normalized spacial score (nSPS) is 21.5. The number of halogens is 1. The summed E-state index contributed by atoms with van der Waals surface area (Å²) in [6.45, 7) is 4.75. The lowest BCUT2D eigenvalue weighted by molar-refractivity contribution is 0.474. The van der Waals surface area contributed by atoms with Crippen molar-refractivity contribution in [1.82, 2.24) is 4.31 Å². The lowest BCUT2D eigenvalue weighted by Crippen LogP contribution is -2.31. The average Bonchev–Trinajstić information content (AvgIpc) is 2.73. The molecule has 7 heteroatoms. The monoisotopic (exact) mass is 296 g/mol. The molecule has 1 aromatic rings. The second-order valence-corrected chi connectivity index (χ2v) is 7.63. The van der Waals surface area contributed by atoms with E-state index in [9.17, 15) is 8.42 Å². The standard InChI is InChI=1S/C10H16N2O2S2.ClH/c1-7-5-8(2)15-10(7)16(13,14)12-4-3-9(11)6-12;/h5,9H,3-4,6,11H2,1-2H3;1H/t9-;/m0./s1. The molecule has 98 valence electrons. The van der Waals surface area contributed by atoms with Crippen LogP contribution in [0.25, 0.3) is 0 Å². The molecule has 2 N–H and O–H groups in total. The van der Waals surface area contributed by atoms with E-state index in [0.29, 0.717) is 17.3 Å². The molecule has 1 atom stereocenters. The SMILES string of the molecule is Cc1cc(C)c(S(=O)(=O)N2CC[C@H](N)C2)s1.Cl. The molecule has 0 aliphatic carbocycles. The van der Waals surface area contributed by atoms with Crippen molar-refractivity contribution in [3.05, 3.63) is 16.5 Å². The van der Waals surface area contributed by atoms with E-state index >= 15 is 0 Å². The molecule has 0 spiro atoms. The van der Waals surface area contributed by atoms with Crippen molar-refractivity contribution < 1.29 is 8.42 Å². The first-order chi connectivity index (χ1) is 7.41. The smallest absolute Gasteiger partial charge is 0.252 e. The fourth-order valence-electron chi connectivity index (χ4n) is 1.97. The first kappa shape index (κ1) is 14.9. The number of sulfonamides is 1. The molecular formula is C10H17ClN2O2S2. The van der Waals surface area contributed by atoms with Crippen LogP contribution in [0, 0.1) is 13.8 Å². The predicted octanol–water partition coefficient (Wildman–Crippen LogP) is 1.51. The third kappa shape index (κ3) is 2.82. The van der Waals surface area contributed by atoms with Crippen LogP contribution in [0.5, 0.6) is 0 Å². The van der Waals surface area contributed by atoms with E-state index in [4.69, 9.17) is 5.73 Å². The minimum atomic E-state index is -3.31. The Hall–Kier alpha value is -0.140. The highest BCUT2D eigenvalue weighted by molar-refractivity contribution is 7.91. The molecule has 2 rings (SSSR count). The number of hydrogen-bond acceptors (Lipinski definition) is 4. The average molecular weight is 297 g/mol. The second kappa shape index (κ2) is 5.24. The molecular weight excluding hydrogens is 280 g/mol. The summed E-state index contributed by atoms with van der Waals surface area (Å²) in [5.41, 5.74) is 6.58. The topological polar surface area (TPSA) is 63.4 Å². The van der Waals surface area contributed by atoms with E-state index in [1.165, 1.54) is 15.6 Å². The lowest BCUT2D eigenvalue weighted by atomic mass is 10.3. The molecule has 0 unspecified atom stereocenters. The summed E-state index contributed by atoms with van der Waals surface area (Å²) in [5, 5.41) is 0. The predicted molar refractivity (Wildman–Crippen MR) is 72.4 cm³/mol. The highest BCUT2D eigenvalue weighted by Gasteiger charge is 2.32. The van der Waals surface area contributed by atoms with E-state index in [1.807, 2.05) is 19.9 Å². The Labute approximate surface area is 112 Å². The highest BCUT2D eigenvalue weighted by Crippen LogP contribution is 2.30. The van der Waals surface area contributed by atoms with Crippen molar-refractivity contribution in [1.29, 1.82) is 0 Å². The van der Waals surface area contributed by atoms with Gasteiger partial charge < -0.3 is 5.73 Å². The zero-order chi connectivity index (χ0) is 11.9. The van der Waals surface area contributed by atoms with Crippen LogP contribution in [0.15, 0.2) is 10.3 Å². The zero-order valence-corrected chi connectivity index (χ0v) is 12.3. The third-order valence-corrected chi connectivity index (χ3v) is 6.39. The minimum Gasteiger partial charge on any atom is -0.326 e. The van der Waals surface area contributed by atoms with Crippen molar-refractivity contribution >= 4 is 33.8 Å². The van der Waals surface area contributed by atoms with Gasteiger partial charge in [-0.15, -0.1) is 23.7 Å². The van der Waals surface area contributed by atoms with Crippen LogP contribution in [0.2, 0.25) is 0 Å². The van der Waals surface area contributed by atoms with Crippen LogP contribution >= 0.6 is 23.7 Å². The summed E-state index contributed by atoms with van der Waals surface area (Å²) >= 11 is 1.34. The number of nitrogens with two attached hydrogens (primary N) is 1. The fourth-order valence-corrected chi connectivity index (χ4v) is 5.28. The van der Waals surface area contributed by atoms with Crippen LogP contribution in [0.4, 0.5) is 0 Å². The van der Waals surface area contributed by atoms with Crippen molar-refractivity contribution in [2.75, 3.05) is 13.1 Å². The van der Waals surface area contributed by atoms with Crippen molar-refractivity contribution in [3.8, 4) is 0 Å². The molecule has 0 amide bonds. The number of hydrogen-bond donors (Lipinski definition) is 1. The Morgan fingerprint density at radius 2 is 2.12 bits per heavy atom. The highest BCUT2D eigenvalue weighted by atomic mass is 35.5. The van der Waals surface area contributed by atoms with E-state index in [2.05, 4.69) is 0 Å². The Morgan fingerprint density at radius 3 is 2.53 bits per heavy atom. The first-order valence-electron chi connectivity index (χ1n) is 5.24. The van der Waals surface area contributed by atoms with Gasteiger partial charge in [0.15, 0.2) is 0 Å². The van der Waals surface area contributed by atoms with Gasteiger partial charge in [0.05, 0.1) is 0 Å². The van der Waals surface area contributed by atoms with Gasteiger partial charge in [0.25, 0.3) is 10.0 Å². The van der Waals surface area contributed by atoms with Crippen LogP contribution in [0.1, 0.15) is 16.9 Å². The van der Waals surface area contributed by atoms with Gasteiger partial charge in [-0.3, -0.25) is 0 Å². The van der Waals surface area contributed by atoms with Gasteiger partial charge >= 0.3 is 0 Å². The second-order valence-electron chi connectivity index (χ2n) is 4.24. The molecule has 1 aliphatic rings. The molecule has 0 bridgehead atoms. The van der Waals surface area contributed by atoms with Gasteiger partial charge in [-0.25, -0.2) is 8.42 Å². The Balaban J connectivity index is 0.00000144. The molecule has 1 fully saturated rings. The van der Waals surface area contributed by atoms with Gasteiger partial charge in [-0.1, -0.05) is 0 Å². The maximum Gasteiger partial charge on any atom is 0.252 e. The summed E-state index contributed by atoms with van der Waals surface area (Å²) in [7, 11) is -3.31. The van der Waals surface area contributed by atoms with Gasteiger partial charge in [-0.05, 0) is 31.9 Å². The Kier molecular flexibility index (Phi) is 4.60. The number of aryl methyl sites for hydroxylation is 2. The minimum absolute atomic E-state index is 0. The molecule has 0 radical (unpaired) electrons. The number of thiophene rings is 1. The van der Waals surface area contributed by atoms with Gasteiger partial charge in [0, 0.05) is 24.0 Å². The molecule has 0 saturated carbocycles. The van der Waals surface area contributed by atoms with Crippen molar-refractivity contribution in [2.45, 2.75) is 30.5 Å². The summed E-state index contributed by atoms with van der Waals surface area (Å²) in [4.78, 5) is 1.03. The van der Waals surface area contributed by atoms with Crippen LogP contribution in [-0.2, 0) is 10.0 Å². The van der Waals surface area contributed by atoms with Crippen LogP contribution < -0.4 is 5.73 Å². The van der Waals surface area contributed by atoms with E-state index in [0.717, 1.165) is 16.9 Å². The van der Waals surface area contributed by atoms with Gasteiger partial charge in [0.2, 0.25) is 0 Å². The number of rotatable bonds is 2. The van der Waals surface area contributed by atoms with Gasteiger partial charge in [-0.2, -0.15) is 4.31 Å². The van der Waals surface area contributed by atoms with Crippen LogP contribution in [-0.4, -0.2) is 31.9 Å². The van der Waals surface area contributed by atoms with E-state index < -0.39 is 10.0 Å². The molecule has 0 aromatic carbocycles. The van der Waals surface area contributed by atoms with Crippen molar-refractivity contribution in [2.24, 2.45) is 5.73 Å². The summed E-state index contributed by atoms with van der Waals surface area (Å²) < 4.78 is 26.6. The Bertz CT molecular complexity index is 498. The number of nitrogens with zero attached hydrogens (tertiary/aromatic N) is 1. The quantitative estimate of drug-likeness (QED) is 0.900. The first-order valence-corrected chi connectivity index (χ1v) is 7.49. The van der Waals surface area contributed by atoms with E-state index in [1.54, 1.807) is 0 Å². The largest absolute Gasteiger partial charge is 0.326 e. The molecule has 1 aliphatic heterocycles. The molecule has 1 aromatic heterocycles. The summed E-state index contributed by atoms with van der Waals surface area (Å²) in [6, 6.07) is 1.89. The molecule has 1 saturated heterocycles. The van der Waals surface area contributed by atoms with E-state index in [-0.39, 0.29) is 18.4 Å². The fraction of sp³-hybridized carbons (Fsp3) is 0.600. The Morgan fingerprint density at radius 1 is 1.47 bits per heavy atom. The molecule has 4 nitrogen and oxygen atoms in total. The molecule has 17 heavy (non-hydrogen) atoms. The summed E-state index contributed by atoms with van der Waals surface area (Å²) in [5.74, 6) is 0. The summed E-state index contributed by atoms with van der Waals surface area (Å²) in [6.07, 6.45) is 0.753. The molecule has 2 heterocycles. The van der Waals surface area contributed by atoms with Crippen LogP contribution in [0.3, 0.4) is 0 Å². The lowest BCUT2D eigenvalue weighted by Gasteiger charge is -2.15. The third-order valence-electron chi connectivity index (χ3n) is 2.76. The zero-order valence-electron chi connectivity index (χ0n) is 9.84. The maximum absolute atomic E-state index is 12.3. The maximum atomic E-state index is 12.3. The van der Waals surface area contributed by atoms with Gasteiger partial charge in [0.1, 0.15) is 4.21 Å².